The fraction of sp³-hybridized carbons (Fsp3) is 0.0625. The van der Waals surface area contributed by atoms with Crippen molar-refractivity contribution in [3.8, 4) is 0 Å². The number of carbonyl (C=O) groups is 1. The van der Waals surface area contributed by atoms with Crippen LogP contribution in [0.2, 0.25) is 0 Å². The van der Waals surface area contributed by atoms with Gasteiger partial charge in [0.15, 0.2) is 5.82 Å². The molecule has 0 fully saturated rings. The van der Waals surface area contributed by atoms with Gasteiger partial charge < -0.3 is 5.32 Å². The number of halogens is 1. The van der Waals surface area contributed by atoms with E-state index in [1.165, 1.54) is 35.2 Å². The third-order valence-corrected chi connectivity index (χ3v) is 4.79. The quantitative estimate of drug-likeness (QED) is 0.704. The van der Waals surface area contributed by atoms with E-state index >= 15 is 0 Å². The number of carbonyl (C=O) groups excluding carboxylic acids is 1. The Bertz CT molecular complexity index is 774. The molecule has 7 heteroatoms. The lowest BCUT2D eigenvalue weighted by molar-refractivity contribution is 0.103. The molecular formula is C16H12FN3OS2. The second-order valence-corrected chi connectivity index (χ2v) is 6.55. The number of rotatable bonds is 5. The average molecular weight is 345 g/mol. The number of hydrogen-bond donors (Lipinski definition) is 1. The molecule has 0 bridgehead atoms. The molecule has 3 aromatic rings. The topological polar surface area (TPSA) is 54.9 Å². The summed E-state index contributed by atoms with van der Waals surface area (Å²) in [7, 11) is 0. The van der Waals surface area contributed by atoms with Gasteiger partial charge in [0.05, 0.1) is 4.88 Å². The van der Waals surface area contributed by atoms with Gasteiger partial charge >= 0.3 is 0 Å². The van der Waals surface area contributed by atoms with Crippen LogP contribution in [0.15, 0.2) is 58.9 Å². The highest BCUT2D eigenvalue weighted by Gasteiger charge is 2.08. The van der Waals surface area contributed by atoms with Crippen LogP contribution >= 0.6 is 23.1 Å². The first-order chi connectivity index (χ1) is 11.2. The van der Waals surface area contributed by atoms with Crippen molar-refractivity contribution in [1.82, 2.24) is 10.2 Å². The van der Waals surface area contributed by atoms with Crippen LogP contribution in [0.1, 0.15) is 15.2 Å². The van der Waals surface area contributed by atoms with Gasteiger partial charge in [-0.15, -0.1) is 21.5 Å². The first-order valence-electron chi connectivity index (χ1n) is 6.76. The number of nitrogens with zero attached hydrogens (tertiary/aromatic N) is 2. The van der Waals surface area contributed by atoms with Crippen LogP contribution in [0.5, 0.6) is 0 Å². The summed E-state index contributed by atoms with van der Waals surface area (Å²) < 4.78 is 12.8. The van der Waals surface area contributed by atoms with E-state index in [4.69, 9.17) is 0 Å². The van der Waals surface area contributed by atoms with Gasteiger partial charge in [-0.3, -0.25) is 4.79 Å². The Morgan fingerprint density at radius 3 is 2.61 bits per heavy atom. The van der Waals surface area contributed by atoms with Crippen LogP contribution in [-0.4, -0.2) is 16.1 Å². The predicted molar refractivity (Wildman–Crippen MR) is 90.3 cm³/mol. The molecule has 0 aliphatic heterocycles. The zero-order valence-corrected chi connectivity index (χ0v) is 13.5. The summed E-state index contributed by atoms with van der Waals surface area (Å²) in [5.41, 5.74) is 1.01. The molecule has 23 heavy (non-hydrogen) atoms. The highest BCUT2D eigenvalue weighted by molar-refractivity contribution is 7.98. The molecule has 1 aromatic carbocycles. The van der Waals surface area contributed by atoms with Crippen molar-refractivity contribution >= 4 is 34.8 Å². The van der Waals surface area contributed by atoms with E-state index < -0.39 is 0 Å². The van der Waals surface area contributed by atoms with Crippen LogP contribution in [0.3, 0.4) is 0 Å². The zero-order chi connectivity index (χ0) is 16.1. The molecule has 0 aliphatic rings. The Balaban J connectivity index is 1.56. The summed E-state index contributed by atoms with van der Waals surface area (Å²) in [6.07, 6.45) is 0. The summed E-state index contributed by atoms with van der Waals surface area (Å²) >= 11 is 2.87. The van der Waals surface area contributed by atoms with Crippen LogP contribution in [0, 0.1) is 5.82 Å². The monoisotopic (exact) mass is 345 g/mol. The van der Waals surface area contributed by atoms with Gasteiger partial charge in [-0.25, -0.2) is 4.39 Å². The molecule has 1 N–H and O–H groups in total. The van der Waals surface area contributed by atoms with E-state index in [1.54, 1.807) is 30.3 Å². The minimum Gasteiger partial charge on any atom is -0.304 e. The maximum Gasteiger partial charge on any atom is 0.266 e. The molecule has 0 saturated heterocycles. The summed E-state index contributed by atoms with van der Waals surface area (Å²) in [5.74, 6) is 0.649. The van der Waals surface area contributed by atoms with Crippen molar-refractivity contribution in [2.75, 3.05) is 5.32 Å². The van der Waals surface area contributed by atoms with Gasteiger partial charge in [0.2, 0.25) is 0 Å². The van der Waals surface area contributed by atoms with E-state index in [9.17, 15) is 9.18 Å². The maximum absolute atomic E-state index is 12.8. The molecule has 0 saturated carbocycles. The van der Waals surface area contributed by atoms with Gasteiger partial charge in [-0.05, 0) is 41.3 Å². The largest absolute Gasteiger partial charge is 0.304 e. The second-order valence-electron chi connectivity index (χ2n) is 4.60. The first-order valence-corrected chi connectivity index (χ1v) is 8.63. The average Bonchev–Trinajstić information content (AvgIpc) is 3.10. The number of hydrogen-bond acceptors (Lipinski definition) is 5. The number of nitrogens with one attached hydrogen (secondary N) is 1. The minimum absolute atomic E-state index is 0.194. The lowest BCUT2D eigenvalue weighted by atomic mass is 10.2. The minimum atomic E-state index is -0.246. The molecule has 0 aliphatic carbocycles. The van der Waals surface area contributed by atoms with Gasteiger partial charge in [0.1, 0.15) is 10.8 Å². The van der Waals surface area contributed by atoms with Gasteiger partial charge in [-0.2, -0.15) is 0 Å². The zero-order valence-electron chi connectivity index (χ0n) is 11.9. The fourth-order valence-corrected chi connectivity index (χ4v) is 3.18. The number of thiophene rings is 1. The molecule has 116 valence electrons. The number of benzene rings is 1. The van der Waals surface area contributed by atoms with Crippen molar-refractivity contribution in [2.45, 2.75) is 10.8 Å². The first kappa shape index (κ1) is 15.6. The Labute approximate surface area is 140 Å². The van der Waals surface area contributed by atoms with Gasteiger partial charge in [-0.1, -0.05) is 30.0 Å². The normalized spacial score (nSPS) is 10.5. The lowest BCUT2D eigenvalue weighted by Crippen LogP contribution is -2.11. The van der Waals surface area contributed by atoms with E-state index in [2.05, 4.69) is 15.5 Å². The van der Waals surface area contributed by atoms with Crippen LogP contribution in [-0.2, 0) is 5.75 Å². The molecule has 3 rings (SSSR count). The van der Waals surface area contributed by atoms with E-state index in [0.29, 0.717) is 16.4 Å². The Kier molecular flexibility index (Phi) is 4.99. The summed E-state index contributed by atoms with van der Waals surface area (Å²) in [6.45, 7) is 0. The van der Waals surface area contributed by atoms with E-state index in [-0.39, 0.29) is 11.7 Å². The van der Waals surface area contributed by atoms with E-state index in [1.807, 2.05) is 11.4 Å². The smallest absolute Gasteiger partial charge is 0.266 e. The van der Waals surface area contributed by atoms with Crippen LogP contribution < -0.4 is 5.32 Å². The van der Waals surface area contributed by atoms with Gasteiger partial charge in [0.25, 0.3) is 5.91 Å². The van der Waals surface area contributed by atoms with Crippen molar-refractivity contribution in [1.29, 1.82) is 0 Å². The molecule has 2 heterocycles. The number of thioether (sulfide) groups is 1. The highest BCUT2D eigenvalue weighted by Crippen LogP contribution is 2.21. The van der Waals surface area contributed by atoms with Crippen LogP contribution in [0.25, 0.3) is 0 Å². The van der Waals surface area contributed by atoms with Crippen molar-refractivity contribution in [3.05, 3.63) is 70.2 Å². The number of anilines is 1. The van der Waals surface area contributed by atoms with Crippen LogP contribution in [0.4, 0.5) is 10.2 Å². The Morgan fingerprint density at radius 1 is 1.13 bits per heavy atom. The number of aromatic nitrogens is 2. The molecular weight excluding hydrogens is 333 g/mol. The third kappa shape index (κ3) is 4.37. The second kappa shape index (κ2) is 7.34. The van der Waals surface area contributed by atoms with E-state index in [0.717, 1.165) is 10.6 Å². The lowest BCUT2D eigenvalue weighted by Gasteiger charge is -2.04. The highest BCUT2D eigenvalue weighted by atomic mass is 32.2. The third-order valence-electron chi connectivity index (χ3n) is 2.93. The molecule has 0 radical (unpaired) electrons. The molecule has 0 spiro atoms. The standard InChI is InChI=1S/C16H12FN3OS2/c17-12-5-3-11(4-6-12)10-23-15-8-7-14(19-20-15)18-16(21)13-2-1-9-22-13/h1-9H,10H2,(H,18,19,21). The summed E-state index contributed by atoms with van der Waals surface area (Å²) in [4.78, 5) is 12.5. The molecule has 0 atom stereocenters. The fourth-order valence-electron chi connectivity index (χ4n) is 1.79. The van der Waals surface area contributed by atoms with Crippen molar-refractivity contribution in [3.63, 3.8) is 0 Å². The molecule has 0 unspecified atom stereocenters. The maximum atomic E-state index is 12.8. The molecule has 4 nitrogen and oxygen atoms in total. The van der Waals surface area contributed by atoms with Crippen molar-refractivity contribution in [2.24, 2.45) is 0 Å². The van der Waals surface area contributed by atoms with Crippen molar-refractivity contribution < 1.29 is 9.18 Å². The molecule has 2 aromatic heterocycles. The predicted octanol–water partition coefficient (Wildman–Crippen LogP) is 4.22. The molecule has 1 amide bonds. The summed E-state index contributed by atoms with van der Waals surface area (Å²) in [6, 6.07) is 13.4. The Morgan fingerprint density at radius 2 is 1.96 bits per heavy atom. The SMILES string of the molecule is O=C(Nc1ccc(SCc2ccc(F)cc2)nn1)c1cccs1. The Hall–Kier alpha value is -2.25. The van der Waals surface area contributed by atoms with Gasteiger partial charge in [0, 0.05) is 5.75 Å². The summed E-state index contributed by atoms with van der Waals surface area (Å²) in [5, 5.41) is 13.4. The number of amides is 1.